The minimum Gasteiger partial charge on any atom is -0.331 e. The summed E-state index contributed by atoms with van der Waals surface area (Å²) in [5.41, 5.74) is 8.97. The van der Waals surface area contributed by atoms with Crippen LogP contribution in [0.4, 0.5) is 17.1 Å². The molecule has 0 fully saturated rings. The third-order valence-electron chi connectivity index (χ3n) is 3.26. The Balaban J connectivity index is 2.02. The number of hydrogen-bond donors (Lipinski definition) is 3. The van der Waals surface area contributed by atoms with E-state index in [9.17, 15) is 10.1 Å². The summed E-state index contributed by atoms with van der Waals surface area (Å²) < 4.78 is 0. The first kappa shape index (κ1) is 15.7. The van der Waals surface area contributed by atoms with Crippen LogP contribution in [0.15, 0.2) is 42.5 Å². The third-order valence-corrected chi connectivity index (χ3v) is 3.47. The van der Waals surface area contributed by atoms with E-state index in [0.717, 1.165) is 16.8 Å². The minimum absolute atomic E-state index is 0.0236. The monoisotopic (exact) mass is 316 g/mol. The molecule has 0 saturated heterocycles. The van der Waals surface area contributed by atoms with Crippen molar-refractivity contribution in [3.05, 3.63) is 63.7 Å². The quantitative estimate of drug-likeness (QED) is 0.455. The number of benzene rings is 2. The van der Waals surface area contributed by atoms with Gasteiger partial charge in [-0.05, 0) is 49.3 Å². The second kappa shape index (κ2) is 6.86. The molecule has 7 heteroatoms. The van der Waals surface area contributed by atoms with Crippen LogP contribution < -0.4 is 16.2 Å². The Bertz CT molecular complexity index is 718. The van der Waals surface area contributed by atoms with E-state index < -0.39 is 4.92 Å². The topological polar surface area (TPSA) is 79.2 Å². The summed E-state index contributed by atoms with van der Waals surface area (Å²) in [6.07, 6.45) is 0. The fourth-order valence-corrected chi connectivity index (χ4v) is 2.06. The molecule has 3 N–H and O–H groups in total. The molecule has 0 spiro atoms. The highest BCUT2D eigenvalue weighted by molar-refractivity contribution is 7.80. The lowest BCUT2D eigenvalue weighted by atomic mass is 10.1. The highest BCUT2D eigenvalue weighted by Crippen LogP contribution is 2.22. The lowest BCUT2D eigenvalue weighted by Gasteiger charge is -2.15. The van der Waals surface area contributed by atoms with E-state index in [0.29, 0.717) is 10.8 Å². The maximum Gasteiger partial charge on any atom is 0.294 e. The highest BCUT2D eigenvalue weighted by Gasteiger charge is 2.12. The molecule has 0 radical (unpaired) electrons. The van der Waals surface area contributed by atoms with E-state index in [1.54, 1.807) is 18.2 Å². The van der Waals surface area contributed by atoms with Gasteiger partial charge in [0.05, 0.1) is 4.92 Å². The van der Waals surface area contributed by atoms with Gasteiger partial charge in [-0.1, -0.05) is 24.3 Å². The van der Waals surface area contributed by atoms with Crippen LogP contribution in [0.2, 0.25) is 0 Å². The van der Waals surface area contributed by atoms with E-state index in [-0.39, 0.29) is 5.69 Å². The maximum atomic E-state index is 10.9. The van der Waals surface area contributed by atoms with Crippen LogP contribution in [0.1, 0.15) is 11.1 Å². The van der Waals surface area contributed by atoms with Gasteiger partial charge >= 0.3 is 0 Å². The predicted molar refractivity (Wildman–Crippen MR) is 92.0 cm³/mol. The first-order valence-electron chi connectivity index (χ1n) is 6.61. The molecule has 0 amide bonds. The van der Waals surface area contributed by atoms with E-state index in [1.165, 1.54) is 6.07 Å². The largest absolute Gasteiger partial charge is 0.331 e. The number of nitrogens with one attached hydrogen (secondary N) is 3. The summed E-state index contributed by atoms with van der Waals surface area (Å²) in [6, 6.07) is 12.2. The average molecular weight is 316 g/mol. The zero-order chi connectivity index (χ0) is 16.1. The Morgan fingerprint density at radius 2 is 1.77 bits per heavy atom. The molecule has 6 nitrogen and oxygen atoms in total. The molecule has 0 heterocycles. The summed E-state index contributed by atoms with van der Waals surface area (Å²) in [5.74, 6) is 0. The van der Waals surface area contributed by atoms with Crippen LogP contribution >= 0.6 is 12.2 Å². The number of nitro groups is 1. The van der Waals surface area contributed by atoms with Gasteiger partial charge in [0.15, 0.2) is 5.11 Å². The second-order valence-electron chi connectivity index (χ2n) is 4.73. The molecule has 2 aromatic carbocycles. The van der Waals surface area contributed by atoms with E-state index >= 15 is 0 Å². The molecule has 114 valence electrons. The molecule has 0 aliphatic carbocycles. The fraction of sp³-hybridized carbons (Fsp3) is 0.133. The molecule has 0 bridgehead atoms. The molecular weight excluding hydrogens is 300 g/mol. The number of nitrogens with zero attached hydrogens (tertiary/aromatic N) is 1. The van der Waals surface area contributed by atoms with Gasteiger partial charge in [-0.3, -0.25) is 21.0 Å². The van der Waals surface area contributed by atoms with Gasteiger partial charge in [0.25, 0.3) is 5.69 Å². The lowest BCUT2D eigenvalue weighted by molar-refractivity contribution is -0.384. The van der Waals surface area contributed by atoms with Crippen molar-refractivity contribution < 1.29 is 4.92 Å². The number of hydrazine groups is 1. The molecule has 0 aliphatic rings. The van der Waals surface area contributed by atoms with Crippen molar-refractivity contribution in [2.75, 3.05) is 10.7 Å². The molecule has 0 atom stereocenters. The molecule has 0 unspecified atom stereocenters. The Morgan fingerprint density at radius 3 is 2.50 bits per heavy atom. The highest BCUT2D eigenvalue weighted by atomic mass is 32.1. The number of anilines is 2. The van der Waals surface area contributed by atoms with Gasteiger partial charge in [0, 0.05) is 11.8 Å². The molecule has 22 heavy (non-hydrogen) atoms. The van der Waals surface area contributed by atoms with Crippen molar-refractivity contribution in [3.8, 4) is 0 Å². The van der Waals surface area contributed by atoms with E-state index in [4.69, 9.17) is 12.2 Å². The Labute approximate surface area is 133 Å². The average Bonchev–Trinajstić information content (AvgIpc) is 2.50. The van der Waals surface area contributed by atoms with Gasteiger partial charge in [-0.25, -0.2) is 0 Å². The van der Waals surface area contributed by atoms with Crippen LogP contribution in [-0.2, 0) is 0 Å². The third kappa shape index (κ3) is 3.70. The molecule has 0 saturated carbocycles. The van der Waals surface area contributed by atoms with Crippen LogP contribution in [-0.4, -0.2) is 10.0 Å². The first-order chi connectivity index (χ1) is 10.5. The number of aryl methyl sites for hydroxylation is 1. The van der Waals surface area contributed by atoms with Gasteiger partial charge in [0.2, 0.25) is 0 Å². The molecule has 2 rings (SSSR count). The summed E-state index contributed by atoms with van der Waals surface area (Å²) in [7, 11) is 0. The van der Waals surface area contributed by atoms with Crippen molar-refractivity contribution in [3.63, 3.8) is 0 Å². The van der Waals surface area contributed by atoms with Crippen LogP contribution in [0.5, 0.6) is 0 Å². The smallest absolute Gasteiger partial charge is 0.294 e. The van der Waals surface area contributed by atoms with Crippen LogP contribution in [0.25, 0.3) is 0 Å². The number of para-hydroxylation sites is 2. The van der Waals surface area contributed by atoms with Gasteiger partial charge < -0.3 is 5.32 Å². The summed E-state index contributed by atoms with van der Waals surface area (Å²) in [6.45, 7) is 4.01. The summed E-state index contributed by atoms with van der Waals surface area (Å²) >= 11 is 5.19. The summed E-state index contributed by atoms with van der Waals surface area (Å²) in [5, 5.41) is 14.3. The number of hydrogen-bond acceptors (Lipinski definition) is 4. The normalized spacial score (nSPS) is 9.91. The molecule has 0 aliphatic heterocycles. The van der Waals surface area contributed by atoms with Crippen LogP contribution in [0.3, 0.4) is 0 Å². The first-order valence-corrected chi connectivity index (χ1v) is 7.02. The van der Waals surface area contributed by atoms with Gasteiger partial charge in [-0.2, -0.15) is 0 Å². The standard InChI is InChI=1S/C15H16N4O2S/c1-10-6-5-8-12(11(10)2)16-15(22)18-17-13-7-3-4-9-14(13)19(20)21/h3-9,17H,1-2H3,(H2,16,18,22). The maximum absolute atomic E-state index is 10.9. The van der Waals surface area contributed by atoms with Crippen LogP contribution in [0, 0.1) is 24.0 Å². The van der Waals surface area contributed by atoms with Gasteiger partial charge in [0.1, 0.15) is 5.69 Å². The lowest BCUT2D eigenvalue weighted by Crippen LogP contribution is -2.33. The van der Waals surface area contributed by atoms with Crippen molar-refractivity contribution >= 4 is 34.4 Å². The Morgan fingerprint density at radius 1 is 1.09 bits per heavy atom. The number of thiocarbonyl (C=S) groups is 1. The number of nitro benzene ring substituents is 1. The fourth-order valence-electron chi connectivity index (χ4n) is 1.90. The molecular formula is C15H16N4O2S. The predicted octanol–water partition coefficient (Wildman–Crippen LogP) is 3.53. The SMILES string of the molecule is Cc1cccc(NC(=S)NNc2ccccc2[N+](=O)[O-])c1C. The zero-order valence-electron chi connectivity index (χ0n) is 12.2. The molecule has 0 aromatic heterocycles. The van der Waals surface area contributed by atoms with Gasteiger partial charge in [-0.15, -0.1) is 0 Å². The summed E-state index contributed by atoms with van der Waals surface area (Å²) in [4.78, 5) is 10.5. The number of rotatable bonds is 4. The molecule has 2 aromatic rings. The Hall–Kier alpha value is -2.67. The Kier molecular flexibility index (Phi) is 4.90. The van der Waals surface area contributed by atoms with Crippen molar-refractivity contribution in [2.45, 2.75) is 13.8 Å². The van der Waals surface area contributed by atoms with E-state index in [2.05, 4.69) is 16.2 Å². The van der Waals surface area contributed by atoms with Crippen molar-refractivity contribution in [2.24, 2.45) is 0 Å². The second-order valence-corrected chi connectivity index (χ2v) is 5.13. The van der Waals surface area contributed by atoms with Crippen molar-refractivity contribution in [1.29, 1.82) is 0 Å². The van der Waals surface area contributed by atoms with Crippen molar-refractivity contribution in [1.82, 2.24) is 5.43 Å². The van der Waals surface area contributed by atoms with E-state index in [1.807, 2.05) is 32.0 Å². The minimum atomic E-state index is -0.453. The zero-order valence-corrected chi connectivity index (χ0v) is 13.0.